The zero-order valence-corrected chi connectivity index (χ0v) is 22.5. The average Bonchev–Trinajstić information content (AvgIpc) is 3.42. The monoisotopic (exact) mass is 515 g/mol. The second-order valence-corrected chi connectivity index (χ2v) is 10.0. The largest absolute Gasteiger partial charge is 0.493 e. The molecule has 0 unspecified atom stereocenters. The van der Waals surface area contributed by atoms with Crippen molar-refractivity contribution in [3.05, 3.63) is 94.9 Å². The Morgan fingerprint density at radius 1 is 0.946 bits per heavy atom. The molecule has 6 nitrogen and oxygen atoms in total. The van der Waals surface area contributed by atoms with Gasteiger partial charge in [-0.1, -0.05) is 68.4 Å². The van der Waals surface area contributed by atoms with Crippen LogP contribution < -0.4 is 19.7 Å². The minimum absolute atomic E-state index is 0.0503. The van der Waals surface area contributed by atoms with Gasteiger partial charge < -0.3 is 19.7 Å². The maximum atomic E-state index is 12.5. The highest BCUT2D eigenvalue weighted by Crippen LogP contribution is 2.35. The molecule has 0 bridgehead atoms. The molecule has 0 aliphatic carbocycles. The number of nitrogens with one attached hydrogen (secondary N) is 1. The number of nitrogens with zero attached hydrogens (tertiary/aromatic N) is 2. The summed E-state index contributed by atoms with van der Waals surface area (Å²) in [6.45, 7) is 6.02. The van der Waals surface area contributed by atoms with Crippen LogP contribution in [0.5, 0.6) is 11.5 Å². The van der Waals surface area contributed by atoms with Crippen molar-refractivity contribution >= 4 is 22.4 Å². The van der Waals surface area contributed by atoms with Gasteiger partial charge in [-0.15, -0.1) is 11.3 Å². The van der Waals surface area contributed by atoms with Crippen LogP contribution in [-0.4, -0.2) is 31.7 Å². The van der Waals surface area contributed by atoms with Gasteiger partial charge in [-0.25, -0.2) is 4.98 Å². The fraction of sp³-hybridized carbons (Fsp3) is 0.267. The van der Waals surface area contributed by atoms with E-state index in [1.807, 2.05) is 60.7 Å². The fourth-order valence-electron chi connectivity index (χ4n) is 4.01. The number of para-hydroxylation sites is 1. The van der Waals surface area contributed by atoms with Crippen molar-refractivity contribution in [1.82, 2.24) is 10.3 Å². The number of methoxy groups -OCH3 is 2. The first-order chi connectivity index (χ1) is 18.0. The van der Waals surface area contributed by atoms with Gasteiger partial charge in [0.05, 0.1) is 19.9 Å². The van der Waals surface area contributed by atoms with Crippen molar-refractivity contribution in [3.63, 3.8) is 0 Å². The van der Waals surface area contributed by atoms with Crippen LogP contribution in [0, 0.1) is 5.92 Å². The fourth-order valence-corrected chi connectivity index (χ4v) is 4.84. The number of anilines is 1. The van der Waals surface area contributed by atoms with Gasteiger partial charge in [0, 0.05) is 41.7 Å². The van der Waals surface area contributed by atoms with Gasteiger partial charge in [0.1, 0.15) is 0 Å². The van der Waals surface area contributed by atoms with Crippen molar-refractivity contribution in [2.24, 2.45) is 5.92 Å². The van der Waals surface area contributed by atoms with Gasteiger partial charge in [0.15, 0.2) is 16.6 Å². The molecule has 0 saturated carbocycles. The first-order valence-corrected chi connectivity index (χ1v) is 13.2. The minimum Gasteiger partial charge on any atom is -0.493 e. The first-order valence-electron chi connectivity index (χ1n) is 12.3. The molecule has 0 saturated heterocycles. The number of aromatic nitrogens is 1. The average molecular weight is 516 g/mol. The van der Waals surface area contributed by atoms with E-state index >= 15 is 0 Å². The molecule has 1 amide bonds. The molecule has 0 aliphatic heterocycles. The van der Waals surface area contributed by atoms with Gasteiger partial charge in [-0.2, -0.15) is 0 Å². The van der Waals surface area contributed by atoms with E-state index in [-0.39, 0.29) is 5.91 Å². The van der Waals surface area contributed by atoms with Crippen molar-refractivity contribution in [3.8, 4) is 22.8 Å². The van der Waals surface area contributed by atoms with Gasteiger partial charge in [-0.05, 0) is 29.7 Å². The lowest BCUT2D eigenvalue weighted by atomic mass is 10.1. The van der Waals surface area contributed by atoms with Crippen molar-refractivity contribution in [2.45, 2.75) is 26.9 Å². The molecule has 192 valence electrons. The third-order valence-electron chi connectivity index (χ3n) is 5.94. The number of thiazole rings is 1. The molecule has 4 aromatic rings. The van der Waals surface area contributed by atoms with Crippen LogP contribution in [0.1, 0.15) is 35.3 Å². The number of hydrogen-bond donors (Lipinski definition) is 1. The number of amides is 1. The van der Waals surface area contributed by atoms with Crippen LogP contribution in [0.2, 0.25) is 0 Å². The summed E-state index contributed by atoms with van der Waals surface area (Å²) in [4.78, 5) is 19.6. The van der Waals surface area contributed by atoms with Crippen molar-refractivity contribution in [2.75, 3.05) is 25.7 Å². The zero-order chi connectivity index (χ0) is 26.2. The highest BCUT2D eigenvalue weighted by Gasteiger charge is 2.18. The summed E-state index contributed by atoms with van der Waals surface area (Å²) in [5.74, 6) is 1.77. The molecular weight excluding hydrogens is 482 g/mol. The van der Waals surface area contributed by atoms with Crippen LogP contribution in [0.3, 0.4) is 0 Å². The lowest BCUT2D eigenvalue weighted by Crippen LogP contribution is -2.27. The Labute approximate surface area is 222 Å². The molecule has 0 fully saturated rings. The quantitative estimate of drug-likeness (QED) is 0.250. The first kappa shape index (κ1) is 26.2. The Morgan fingerprint density at radius 3 is 2.38 bits per heavy atom. The minimum atomic E-state index is -0.0503. The molecule has 0 radical (unpaired) electrons. The van der Waals surface area contributed by atoms with E-state index in [0.717, 1.165) is 27.5 Å². The van der Waals surface area contributed by atoms with E-state index in [0.29, 0.717) is 42.6 Å². The van der Waals surface area contributed by atoms with E-state index in [9.17, 15) is 4.79 Å². The number of benzene rings is 3. The van der Waals surface area contributed by atoms with E-state index in [1.54, 1.807) is 25.6 Å². The summed E-state index contributed by atoms with van der Waals surface area (Å²) in [5, 5.41) is 5.97. The second-order valence-electron chi connectivity index (χ2n) is 9.19. The third-order valence-corrected chi connectivity index (χ3v) is 6.84. The Kier molecular flexibility index (Phi) is 8.80. The Morgan fingerprint density at radius 2 is 1.70 bits per heavy atom. The SMILES string of the molecule is COc1cccc(CN(Cc2ccc(C(=O)NCC(C)C)cc2)c2nc(-c3ccccc3)cs2)c1OC. The summed E-state index contributed by atoms with van der Waals surface area (Å²) in [6, 6.07) is 23.9. The molecule has 37 heavy (non-hydrogen) atoms. The van der Waals surface area contributed by atoms with Gasteiger partial charge in [0.25, 0.3) is 5.91 Å². The summed E-state index contributed by atoms with van der Waals surface area (Å²) < 4.78 is 11.2. The number of carbonyl (C=O) groups is 1. The van der Waals surface area contributed by atoms with Gasteiger partial charge in [-0.3, -0.25) is 4.79 Å². The summed E-state index contributed by atoms with van der Waals surface area (Å²) in [7, 11) is 3.30. The summed E-state index contributed by atoms with van der Waals surface area (Å²) in [5.41, 5.74) is 4.77. The van der Waals surface area contributed by atoms with Crippen LogP contribution in [0.25, 0.3) is 11.3 Å². The highest BCUT2D eigenvalue weighted by atomic mass is 32.1. The normalized spacial score (nSPS) is 10.8. The number of rotatable bonds is 11. The number of ether oxygens (including phenoxy) is 2. The van der Waals surface area contributed by atoms with Crippen LogP contribution >= 0.6 is 11.3 Å². The van der Waals surface area contributed by atoms with E-state index in [4.69, 9.17) is 14.5 Å². The maximum Gasteiger partial charge on any atom is 0.251 e. The Bertz CT molecular complexity index is 1300. The third kappa shape index (κ3) is 6.68. The topological polar surface area (TPSA) is 63.7 Å². The lowest BCUT2D eigenvalue weighted by molar-refractivity contribution is 0.0949. The lowest BCUT2D eigenvalue weighted by Gasteiger charge is -2.24. The molecule has 0 atom stereocenters. The molecule has 1 N–H and O–H groups in total. The number of carbonyl (C=O) groups excluding carboxylic acids is 1. The van der Waals surface area contributed by atoms with Gasteiger partial charge >= 0.3 is 0 Å². The standard InChI is InChI=1S/C30H33N3O3S/c1-21(2)17-31-29(34)24-15-13-22(14-16-24)18-33(19-25-11-8-12-27(35-3)28(25)36-4)30-32-26(20-37-30)23-9-6-5-7-10-23/h5-16,20-21H,17-19H2,1-4H3,(H,31,34). The van der Waals surface area contributed by atoms with E-state index in [1.165, 1.54) is 0 Å². The van der Waals surface area contributed by atoms with Crippen LogP contribution in [-0.2, 0) is 13.1 Å². The molecule has 1 heterocycles. The Balaban J connectivity index is 1.61. The van der Waals surface area contributed by atoms with Crippen molar-refractivity contribution < 1.29 is 14.3 Å². The molecule has 4 rings (SSSR count). The molecular formula is C30H33N3O3S. The maximum absolute atomic E-state index is 12.5. The van der Waals surface area contributed by atoms with Crippen LogP contribution in [0.15, 0.2) is 78.2 Å². The second kappa shape index (κ2) is 12.4. The zero-order valence-electron chi connectivity index (χ0n) is 21.7. The predicted octanol–water partition coefficient (Wildman–Crippen LogP) is 6.42. The molecule has 1 aromatic heterocycles. The molecule has 0 aliphatic rings. The predicted molar refractivity (Wildman–Crippen MR) is 151 cm³/mol. The molecule has 3 aromatic carbocycles. The van der Waals surface area contributed by atoms with E-state index in [2.05, 4.69) is 41.6 Å². The molecule has 0 spiro atoms. The summed E-state index contributed by atoms with van der Waals surface area (Å²) in [6.07, 6.45) is 0. The highest BCUT2D eigenvalue weighted by molar-refractivity contribution is 7.14. The van der Waals surface area contributed by atoms with Crippen molar-refractivity contribution in [1.29, 1.82) is 0 Å². The number of hydrogen-bond acceptors (Lipinski definition) is 6. The Hall–Kier alpha value is -3.84. The van der Waals surface area contributed by atoms with Crippen LogP contribution in [0.4, 0.5) is 5.13 Å². The summed E-state index contributed by atoms with van der Waals surface area (Å²) >= 11 is 1.61. The molecule has 7 heteroatoms. The van der Waals surface area contributed by atoms with Gasteiger partial charge in [0.2, 0.25) is 0 Å². The van der Waals surface area contributed by atoms with E-state index < -0.39 is 0 Å². The smallest absolute Gasteiger partial charge is 0.251 e.